The number of amides is 1. The number of hydrogen-bond donors (Lipinski definition) is 0. The molecule has 0 unspecified atom stereocenters. The zero-order chi connectivity index (χ0) is 23.7. The highest BCUT2D eigenvalue weighted by atomic mass is 32.2. The van der Waals surface area contributed by atoms with E-state index in [9.17, 15) is 4.79 Å². The van der Waals surface area contributed by atoms with Crippen molar-refractivity contribution in [3.05, 3.63) is 76.2 Å². The van der Waals surface area contributed by atoms with E-state index in [1.54, 1.807) is 7.11 Å². The maximum atomic E-state index is 13.8. The van der Waals surface area contributed by atoms with Crippen molar-refractivity contribution in [3.8, 4) is 5.75 Å². The van der Waals surface area contributed by atoms with E-state index < -0.39 is 0 Å². The Morgan fingerprint density at radius 1 is 1.00 bits per heavy atom. The van der Waals surface area contributed by atoms with Crippen LogP contribution in [0.25, 0.3) is 16.8 Å². The third kappa shape index (κ3) is 4.37. The first-order valence-corrected chi connectivity index (χ1v) is 12.8. The van der Waals surface area contributed by atoms with Crippen molar-refractivity contribution in [2.24, 2.45) is 4.99 Å². The largest absolute Gasteiger partial charge is 0.496 e. The number of aliphatic imine (C=N–C) groups is 1. The second-order valence-corrected chi connectivity index (χ2v) is 10.2. The number of thioether (sulfide) groups is 1. The number of amidine groups is 1. The van der Waals surface area contributed by atoms with Crippen LogP contribution in [0.15, 0.2) is 64.5 Å². The summed E-state index contributed by atoms with van der Waals surface area (Å²) in [5, 5.41) is 2.98. The zero-order valence-electron chi connectivity index (χ0n) is 20.0. The molecular formula is C29H30N2O2S. The molecule has 5 heteroatoms. The quantitative estimate of drug-likeness (QED) is 0.373. The van der Waals surface area contributed by atoms with Gasteiger partial charge in [-0.05, 0) is 84.6 Å². The molecule has 0 radical (unpaired) electrons. The van der Waals surface area contributed by atoms with Crippen LogP contribution in [0.5, 0.6) is 5.75 Å². The lowest BCUT2D eigenvalue weighted by atomic mass is 9.94. The molecule has 3 aromatic carbocycles. The third-order valence-corrected chi connectivity index (χ3v) is 7.90. The first-order chi connectivity index (χ1) is 16.5. The molecule has 0 bridgehead atoms. The van der Waals surface area contributed by atoms with Gasteiger partial charge in [-0.2, -0.15) is 0 Å². The molecule has 1 heterocycles. The second-order valence-electron chi connectivity index (χ2n) is 9.14. The third-order valence-electron chi connectivity index (χ3n) is 6.92. The van der Waals surface area contributed by atoms with Crippen LogP contribution in [0, 0.1) is 13.8 Å². The zero-order valence-corrected chi connectivity index (χ0v) is 20.8. The Morgan fingerprint density at radius 3 is 2.56 bits per heavy atom. The molecule has 1 saturated carbocycles. The van der Waals surface area contributed by atoms with Crippen molar-refractivity contribution in [1.29, 1.82) is 0 Å². The van der Waals surface area contributed by atoms with Crippen LogP contribution >= 0.6 is 11.8 Å². The van der Waals surface area contributed by atoms with Gasteiger partial charge in [0.2, 0.25) is 0 Å². The van der Waals surface area contributed by atoms with Gasteiger partial charge < -0.3 is 4.74 Å². The van der Waals surface area contributed by atoms with Crippen molar-refractivity contribution in [1.82, 2.24) is 4.90 Å². The van der Waals surface area contributed by atoms with Gasteiger partial charge in [0.05, 0.1) is 17.7 Å². The number of ether oxygens (including phenoxy) is 1. The van der Waals surface area contributed by atoms with Gasteiger partial charge >= 0.3 is 0 Å². The lowest BCUT2D eigenvalue weighted by molar-refractivity contribution is -0.124. The molecule has 1 aliphatic heterocycles. The Bertz CT molecular complexity index is 1300. The van der Waals surface area contributed by atoms with Crippen molar-refractivity contribution >= 4 is 45.4 Å². The number of fused-ring (bicyclic) bond motifs is 1. The molecule has 174 valence electrons. The summed E-state index contributed by atoms with van der Waals surface area (Å²) in [7, 11) is 1.68. The van der Waals surface area contributed by atoms with Gasteiger partial charge in [-0.1, -0.05) is 55.7 Å². The number of hydrogen-bond acceptors (Lipinski definition) is 4. The van der Waals surface area contributed by atoms with Gasteiger partial charge in [-0.25, -0.2) is 4.99 Å². The molecule has 0 aromatic heterocycles. The van der Waals surface area contributed by atoms with Gasteiger partial charge in [0.1, 0.15) is 5.75 Å². The Kier molecular flexibility index (Phi) is 6.46. The molecule has 1 amide bonds. The number of nitrogens with zero attached hydrogens (tertiary/aromatic N) is 2. The molecule has 0 spiro atoms. The lowest BCUT2D eigenvalue weighted by Gasteiger charge is -2.30. The fraction of sp³-hybridized carbons (Fsp3) is 0.310. The Labute approximate surface area is 205 Å². The molecule has 0 N–H and O–H groups in total. The number of benzene rings is 3. The van der Waals surface area contributed by atoms with Gasteiger partial charge in [0.25, 0.3) is 5.91 Å². The van der Waals surface area contributed by atoms with E-state index >= 15 is 0 Å². The summed E-state index contributed by atoms with van der Waals surface area (Å²) in [6.07, 6.45) is 7.61. The molecule has 5 rings (SSSR count). The van der Waals surface area contributed by atoms with E-state index in [1.807, 2.05) is 35.2 Å². The SMILES string of the molecule is COc1ccc2ccccc2c1C=C1SC(=Nc2ccc(C)c(C)c2)N(C2CCCCC2)C1=O. The van der Waals surface area contributed by atoms with Crippen LogP contribution in [-0.2, 0) is 4.79 Å². The van der Waals surface area contributed by atoms with Crippen molar-refractivity contribution < 1.29 is 9.53 Å². The van der Waals surface area contributed by atoms with Crippen LogP contribution < -0.4 is 4.74 Å². The average Bonchev–Trinajstić information content (AvgIpc) is 3.16. The van der Waals surface area contributed by atoms with Crippen LogP contribution in [0.3, 0.4) is 0 Å². The summed E-state index contributed by atoms with van der Waals surface area (Å²) in [6.45, 7) is 4.20. The van der Waals surface area contributed by atoms with E-state index in [2.05, 4.69) is 44.2 Å². The summed E-state index contributed by atoms with van der Waals surface area (Å²) < 4.78 is 5.68. The molecule has 2 fully saturated rings. The summed E-state index contributed by atoms with van der Waals surface area (Å²) >= 11 is 1.48. The summed E-state index contributed by atoms with van der Waals surface area (Å²) in [6, 6.07) is 18.7. The van der Waals surface area contributed by atoms with E-state index in [-0.39, 0.29) is 11.9 Å². The highest BCUT2D eigenvalue weighted by Gasteiger charge is 2.39. The number of rotatable bonds is 4. The number of methoxy groups -OCH3 is 1. The molecular weight excluding hydrogens is 440 g/mol. The Hall–Kier alpha value is -3.05. The van der Waals surface area contributed by atoms with E-state index in [1.165, 1.54) is 29.3 Å². The monoisotopic (exact) mass is 470 g/mol. The maximum Gasteiger partial charge on any atom is 0.267 e. The normalized spacial score (nSPS) is 19.5. The Balaban J connectivity index is 1.60. The van der Waals surface area contributed by atoms with Crippen molar-refractivity contribution in [3.63, 3.8) is 0 Å². The molecule has 1 aliphatic carbocycles. The minimum atomic E-state index is 0.0504. The van der Waals surface area contributed by atoms with Crippen LogP contribution in [0.2, 0.25) is 0 Å². The smallest absolute Gasteiger partial charge is 0.267 e. The summed E-state index contributed by atoms with van der Waals surface area (Å²) in [4.78, 5) is 21.4. The lowest BCUT2D eigenvalue weighted by Crippen LogP contribution is -2.40. The van der Waals surface area contributed by atoms with Crippen molar-refractivity contribution in [2.75, 3.05) is 7.11 Å². The van der Waals surface area contributed by atoms with Gasteiger partial charge in [0, 0.05) is 11.6 Å². The first kappa shape index (κ1) is 22.7. The predicted molar refractivity (Wildman–Crippen MR) is 143 cm³/mol. The van der Waals surface area contributed by atoms with E-state index in [4.69, 9.17) is 9.73 Å². The van der Waals surface area contributed by atoms with Crippen LogP contribution in [0.1, 0.15) is 48.8 Å². The average molecular weight is 471 g/mol. The topological polar surface area (TPSA) is 41.9 Å². The molecule has 1 saturated heterocycles. The van der Waals surface area contributed by atoms with E-state index in [0.717, 1.165) is 58.6 Å². The van der Waals surface area contributed by atoms with Gasteiger partial charge in [-0.3, -0.25) is 9.69 Å². The van der Waals surface area contributed by atoms with Gasteiger partial charge in [-0.15, -0.1) is 0 Å². The fourth-order valence-electron chi connectivity index (χ4n) is 4.87. The minimum Gasteiger partial charge on any atom is -0.496 e. The maximum absolute atomic E-state index is 13.8. The van der Waals surface area contributed by atoms with E-state index in [0.29, 0.717) is 4.91 Å². The minimum absolute atomic E-state index is 0.0504. The molecule has 34 heavy (non-hydrogen) atoms. The van der Waals surface area contributed by atoms with Gasteiger partial charge in [0.15, 0.2) is 5.17 Å². The predicted octanol–water partition coefficient (Wildman–Crippen LogP) is 7.40. The summed E-state index contributed by atoms with van der Waals surface area (Å²) in [5.41, 5.74) is 4.28. The molecule has 4 nitrogen and oxygen atoms in total. The second kappa shape index (κ2) is 9.67. The van der Waals surface area contributed by atoms with Crippen molar-refractivity contribution in [2.45, 2.75) is 52.0 Å². The first-order valence-electron chi connectivity index (χ1n) is 12.0. The molecule has 2 aliphatic rings. The number of carbonyl (C=O) groups excluding carboxylic acids is 1. The summed E-state index contributed by atoms with van der Waals surface area (Å²) in [5.74, 6) is 0.817. The standard InChI is InChI=1S/C29H30N2O2S/c1-19-13-15-22(17-20(19)2)30-29-31(23-10-5-4-6-11-23)28(32)27(34-29)18-25-24-12-8-7-9-21(24)14-16-26(25)33-3/h7-9,12-18,23H,4-6,10-11H2,1-3H3. The van der Waals surface area contributed by atoms with Crippen LogP contribution in [0.4, 0.5) is 5.69 Å². The fourth-order valence-corrected chi connectivity index (χ4v) is 5.91. The highest BCUT2D eigenvalue weighted by molar-refractivity contribution is 8.18. The van der Waals surface area contributed by atoms with Crippen LogP contribution in [-0.4, -0.2) is 29.1 Å². The number of carbonyl (C=O) groups is 1. The number of aryl methyl sites for hydroxylation is 2. The Morgan fingerprint density at radius 2 is 1.79 bits per heavy atom. The molecule has 3 aromatic rings. The highest BCUT2D eigenvalue weighted by Crippen LogP contribution is 2.40. The molecule has 0 atom stereocenters.